The number of amides is 1. The van der Waals surface area contributed by atoms with Gasteiger partial charge in [-0.25, -0.2) is 9.69 Å². The molecule has 6 heteroatoms. The predicted molar refractivity (Wildman–Crippen MR) is 116 cm³/mol. The highest BCUT2D eigenvalue weighted by molar-refractivity contribution is 5.94. The van der Waals surface area contributed by atoms with Gasteiger partial charge in [-0.05, 0) is 32.4 Å². The molecule has 0 fully saturated rings. The molecule has 0 saturated heterocycles. The van der Waals surface area contributed by atoms with Gasteiger partial charge in [0.05, 0.1) is 5.69 Å². The molecule has 1 atom stereocenters. The Bertz CT molecular complexity index is 945. The molecule has 0 spiro atoms. The second-order valence-corrected chi connectivity index (χ2v) is 8.00. The summed E-state index contributed by atoms with van der Waals surface area (Å²) in [5, 5.41) is 0. The summed E-state index contributed by atoms with van der Waals surface area (Å²) in [5.41, 5.74) is 0.451. The molecule has 0 aromatic heterocycles. The minimum atomic E-state index is -1.51. The number of carbonyl (C=O) groups is 1. The molecule has 1 aliphatic rings. The Kier molecular flexibility index (Phi) is 5.78. The van der Waals surface area contributed by atoms with Crippen LogP contribution in [0, 0.1) is 0 Å². The quantitative estimate of drug-likeness (QED) is 0.646. The van der Waals surface area contributed by atoms with Crippen LogP contribution in [0.5, 0.6) is 0 Å². The Balaban J connectivity index is 2.42. The molecule has 2 aromatic rings. The molecule has 6 nitrogen and oxygen atoms in total. The lowest BCUT2D eigenvalue weighted by Crippen LogP contribution is -2.61. The van der Waals surface area contributed by atoms with Gasteiger partial charge in [0.15, 0.2) is 0 Å². The number of anilines is 1. The van der Waals surface area contributed by atoms with E-state index in [0.29, 0.717) is 16.8 Å². The molecule has 0 radical (unpaired) electrons. The van der Waals surface area contributed by atoms with E-state index in [2.05, 4.69) is 6.58 Å². The summed E-state index contributed by atoms with van der Waals surface area (Å²) in [7, 11) is 4.59. The van der Waals surface area contributed by atoms with Gasteiger partial charge < -0.3 is 18.9 Å². The predicted octanol–water partition coefficient (Wildman–Crippen LogP) is 5.03. The van der Waals surface area contributed by atoms with Gasteiger partial charge in [0.25, 0.3) is 5.79 Å². The zero-order valence-corrected chi connectivity index (χ0v) is 18.4. The number of hydrogen-bond donors (Lipinski definition) is 0. The van der Waals surface area contributed by atoms with Gasteiger partial charge in [-0.1, -0.05) is 55.1 Å². The van der Waals surface area contributed by atoms with Crippen molar-refractivity contribution in [3.8, 4) is 0 Å². The first-order valence-corrected chi connectivity index (χ1v) is 9.72. The summed E-state index contributed by atoms with van der Waals surface area (Å²) in [4.78, 5) is 15.1. The van der Waals surface area contributed by atoms with Crippen LogP contribution in [0.1, 0.15) is 37.5 Å². The molecular weight excluding hydrogens is 382 g/mol. The molecule has 0 saturated carbocycles. The molecule has 0 N–H and O–H groups in total. The van der Waals surface area contributed by atoms with Gasteiger partial charge in [-0.15, -0.1) is 0 Å². The van der Waals surface area contributed by atoms with Crippen molar-refractivity contribution in [3.63, 3.8) is 0 Å². The molecule has 160 valence electrons. The molecule has 0 aliphatic carbocycles. The molecule has 1 aliphatic heterocycles. The van der Waals surface area contributed by atoms with Gasteiger partial charge in [0, 0.05) is 32.5 Å². The Hall–Kier alpha value is -2.67. The zero-order valence-electron chi connectivity index (χ0n) is 18.4. The van der Waals surface area contributed by atoms with E-state index in [9.17, 15) is 4.79 Å². The minimum Gasteiger partial charge on any atom is -0.443 e. The zero-order chi connectivity index (χ0) is 22.2. The molecule has 30 heavy (non-hydrogen) atoms. The normalized spacial score (nSPS) is 20.0. The highest BCUT2D eigenvalue weighted by atomic mass is 16.7. The second kappa shape index (κ2) is 7.87. The maximum Gasteiger partial charge on any atom is 0.417 e. The molecule has 1 amide bonds. The molecule has 0 bridgehead atoms. The second-order valence-electron chi connectivity index (χ2n) is 8.00. The Morgan fingerprint density at radius 2 is 1.50 bits per heavy atom. The standard InChI is InChI=1S/C24H29NO5/c1-8-17-13-9-10-14-18(17)23(27-5)24(28-6,29-7)19-15-11-12-16-20(19)25(23)21(26)30-22(2,3)4/h8-16H,1H2,2-7H3. The highest BCUT2D eigenvalue weighted by Gasteiger charge is 2.69. The number of para-hydroxylation sites is 1. The number of nitrogens with zero attached hydrogens (tertiary/aromatic N) is 1. The Morgan fingerprint density at radius 1 is 0.933 bits per heavy atom. The van der Waals surface area contributed by atoms with E-state index in [0.717, 1.165) is 5.56 Å². The van der Waals surface area contributed by atoms with Gasteiger partial charge in [-0.3, -0.25) is 0 Å². The summed E-state index contributed by atoms with van der Waals surface area (Å²) in [6.45, 7) is 9.39. The van der Waals surface area contributed by atoms with E-state index >= 15 is 0 Å². The summed E-state index contributed by atoms with van der Waals surface area (Å²) in [6, 6.07) is 14.9. The van der Waals surface area contributed by atoms with E-state index < -0.39 is 23.2 Å². The van der Waals surface area contributed by atoms with Crippen LogP contribution in [0.3, 0.4) is 0 Å². The number of benzene rings is 2. The largest absolute Gasteiger partial charge is 0.443 e. The summed E-state index contributed by atoms with van der Waals surface area (Å²) in [5.74, 6) is -1.45. The molecule has 1 unspecified atom stereocenters. The minimum absolute atomic E-state index is 0.577. The average Bonchev–Trinajstić information content (AvgIpc) is 2.99. The molecule has 1 heterocycles. The summed E-state index contributed by atoms with van der Waals surface area (Å²) >= 11 is 0. The first kappa shape index (κ1) is 22.0. The van der Waals surface area contributed by atoms with Crippen LogP contribution in [0.25, 0.3) is 6.08 Å². The number of ether oxygens (including phenoxy) is 4. The Morgan fingerprint density at radius 3 is 2.03 bits per heavy atom. The third kappa shape index (κ3) is 3.03. The van der Waals surface area contributed by atoms with Gasteiger partial charge in [0.1, 0.15) is 5.60 Å². The first-order chi connectivity index (χ1) is 14.2. The number of methoxy groups -OCH3 is 3. The van der Waals surface area contributed by atoms with Crippen molar-refractivity contribution < 1.29 is 23.7 Å². The number of fused-ring (bicyclic) bond motifs is 1. The molecular formula is C24H29NO5. The van der Waals surface area contributed by atoms with E-state index in [1.54, 1.807) is 6.08 Å². The van der Waals surface area contributed by atoms with Crippen molar-refractivity contribution in [2.45, 2.75) is 37.9 Å². The lowest BCUT2D eigenvalue weighted by atomic mass is 9.87. The van der Waals surface area contributed by atoms with Crippen LogP contribution < -0.4 is 4.90 Å². The first-order valence-electron chi connectivity index (χ1n) is 9.72. The van der Waals surface area contributed by atoms with Crippen molar-refractivity contribution in [2.24, 2.45) is 0 Å². The van der Waals surface area contributed by atoms with Gasteiger partial charge in [0.2, 0.25) is 5.72 Å². The molecule has 2 aromatic carbocycles. The topological polar surface area (TPSA) is 57.2 Å². The van der Waals surface area contributed by atoms with Crippen molar-refractivity contribution in [2.75, 3.05) is 26.2 Å². The lowest BCUT2D eigenvalue weighted by Gasteiger charge is -2.46. The van der Waals surface area contributed by atoms with E-state index in [-0.39, 0.29) is 0 Å². The maximum absolute atomic E-state index is 13.6. The lowest BCUT2D eigenvalue weighted by molar-refractivity contribution is -0.315. The summed E-state index contributed by atoms with van der Waals surface area (Å²) < 4.78 is 24.0. The van der Waals surface area contributed by atoms with Gasteiger partial charge in [-0.2, -0.15) is 0 Å². The van der Waals surface area contributed by atoms with Gasteiger partial charge >= 0.3 is 6.09 Å². The third-order valence-electron chi connectivity index (χ3n) is 5.25. The van der Waals surface area contributed by atoms with E-state index in [4.69, 9.17) is 18.9 Å². The fraction of sp³-hybridized carbons (Fsp3) is 0.375. The number of rotatable bonds is 5. The van der Waals surface area contributed by atoms with Crippen LogP contribution in [0.4, 0.5) is 10.5 Å². The van der Waals surface area contributed by atoms with Crippen LogP contribution in [-0.4, -0.2) is 33.0 Å². The smallest absolute Gasteiger partial charge is 0.417 e. The monoisotopic (exact) mass is 411 g/mol. The Labute approximate surface area is 178 Å². The van der Waals surface area contributed by atoms with Crippen LogP contribution in [0.15, 0.2) is 55.1 Å². The fourth-order valence-electron chi connectivity index (χ4n) is 4.18. The van der Waals surface area contributed by atoms with Crippen molar-refractivity contribution in [1.29, 1.82) is 0 Å². The molecule has 3 rings (SSSR count). The van der Waals surface area contributed by atoms with Crippen molar-refractivity contribution >= 4 is 17.9 Å². The third-order valence-corrected chi connectivity index (χ3v) is 5.25. The van der Waals surface area contributed by atoms with Crippen LogP contribution in [-0.2, 0) is 30.5 Å². The van der Waals surface area contributed by atoms with E-state index in [1.807, 2.05) is 69.3 Å². The SMILES string of the molecule is C=Cc1ccccc1C1(OC)N(C(=O)OC(C)(C)C)c2ccccc2C1(OC)OC. The summed E-state index contributed by atoms with van der Waals surface area (Å²) in [6.07, 6.45) is 1.13. The van der Waals surface area contributed by atoms with Crippen molar-refractivity contribution in [1.82, 2.24) is 0 Å². The van der Waals surface area contributed by atoms with Crippen LogP contribution >= 0.6 is 0 Å². The van der Waals surface area contributed by atoms with Crippen LogP contribution in [0.2, 0.25) is 0 Å². The van der Waals surface area contributed by atoms with E-state index in [1.165, 1.54) is 26.2 Å². The number of hydrogen-bond acceptors (Lipinski definition) is 5. The average molecular weight is 411 g/mol. The fourth-order valence-corrected chi connectivity index (χ4v) is 4.18. The number of carbonyl (C=O) groups excluding carboxylic acids is 1. The highest BCUT2D eigenvalue weighted by Crippen LogP contribution is 2.59. The van der Waals surface area contributed by atoms with Crippen molar-refractivity contribution in [3.05, 3.63) is 71.8 Å². The maximum atomic E-state index is 13.6.